The van der Waals surface area contributed by atoms with E-state index in [1.54, 1.807) is 12.1 Å². The number of hydrogen-bond acceptors (Lipinski definition) is 7. The third-order valence-corrected chi connectivity index (χ3v) is 5.15. The van der Waals surface area contributed by atoms with Crippen molar-refractivity contribution in [3.63, 3.8) is 0 Å². The summed E-state index contributed by atoms with van der Waals surface area (Å²) in [4.78, 5) is 29.1. The van der Waals surface area contributed by atoms with Crippen molar-refractivity contribution in [2.24, 2.45) is 0 Å². The molecular formula is C22H22N2O5S. The molecule has 2 aromatic carbocycles. The SMILES string of the molecule is CCOc1ccc(-c2nc(CC(=O)Nc3ccc(OC)cc3C(=O)OC)cs2)cc1. The predicted molar refractivity (Wildman–Crippen MR) is 115 cm³/mol. The summed E-state index contributed by atoms with van der Waals surface area (Å²) in [5.74, 6) is 0.454. The quantitative estimate of drug-likeness (QED) is 0.544. The second kappa shape index (κ2) is 9.89. The summed E-state index contributed by atoms with van der Waals surface area (Å²) in [5, 5.41) is 5.42. The van der Waals surface area contributed by atoms with E-state index in [-0.39, 0.29) is 17.9 Å². The summed E-state index contributed by atoms with van der Waals surface area (Å²) in [6, 6.07) is 12.5. The first-order valence-electron chi connectivity index (χ1n) is 9.28. The average Bonchev–Trinajstić information content (AvgIpc) is 3.22. The molecule has 1 aromatic heterocycles. The monoisotopic (exact) mass is 426 g/mol. The smallest absolute Gasteiger partial charge is 0.340 e. The van der Waals surface area contributed by atoms with Crippen molar-refractivity contribution >= 4 is 28.9 Å². The number of nitrogens with one attached hydrogen (secondary N) is 1. The van der Waals surface area contributed by atoms with Gasteiger partial charge in [0.05, 0.1) is 44.2 Å². The van der Waals surface area contributed by atoms with Crippen molar-refractivity contribution in [3.05, 3.63) is 59.1 Å². The number of nitrogens with zero attached hydrogens (tertiary/aromatic N) is 1. The van der Waals surface area contributed by atoms with Crippen molar-refractivity contribution in [1.82, 2.24) is 4.98 Å². The Labute approximate surface area is 178 Å². The molecule has 30 heavy (non-hydrogen) atoms. The molecule has 3 aromatic rings. The van der Waals surface area contributed by atoms with Crippen LogP contribution in [-0.2, 0) is 16.0 Å². The van der Waals surface area contributed by atoms with Gasteiger partial charge in [0.2, 0.25) is 5.91 Å². The molecule has 1 heterocycles. The number of hydrogen-bond donors (Lipinski definition) is 1. The van der Waals surface area contributed by atoms with Crippen LogP contribution in [0, 0.1) is 0 Å². The minimum atomic E-state index is -0.560. The molecular weight excluding hydrogens is 404 g/mol. The Hall–Kier alpha value is -3.39. The second-order valence-corrected chi connectivity index (χ2v) is 7.09. The Morgan fingerprint density at radius 2 is 1.80 bits per heavy atom. The predicted octanol–water partition coefficient (Wildman–Crippen LogP) is 4.19. The number of methoxy groups -OCH3 is 2. The van der Waals surface area contributed by atoms with Gasteiger partial charge >= 0.3 is 5.97 Å². The van der Waals surface area contributed by atoms with Crippen LogP contribution >= 0.6 is 11.3 Å². The lowest BCUT2D eigenvalue weighted by atomic mass is 10.1. The molecule has 8 heteroatoms. The fourth-order valence-corrected chi connectivity index (χ4v) is 3.60. The number of thiazole rings is 1. The van der Waals surface area contributed by atoms with Crippen LogP contribution in [0.15, 0.2) is 47.8 Å². The van der Waals surface area contributed by atoms with Crippen molar-refractivity contribution in [2.75, 3.05) is 26.1 Å². The lowest BCUT2D eigenvalue weighted by Gasteiger charge is -2.11. The van der Waals surface area contributed by atoms with Gasteiger partial charge in [0.25, 0.3) is 0 Å². The van der Waals surface area contributed by atoms with E-state index in [1.165, 1.54) is 31.6 Å². The molecule has 0 unspecified atom stereocenters. The lowest BCUT2D eigenvalue weighted by molar-refractivity contribution is -0.115. The average molecular weight is 426 g/mol. The fraction of sp³-hybridized carbons (Fsp3) is 0.227. The van der Waals surface area contributed by atoms with Crippen LogP contribution < -0.4 is 14.8 Å². The first-order valence-corrected chi connectivity index (χ1v) is 10.2. The molecule has 0 saturated heterocycles. The summed E-state index contributed by atoms with van der Waals surface area (Å²) in [6.45, 7) is 2.55. The number of rotatable bonds is 8. The number of aromatic nitrogens is 1. The zero-order valence-corrected chi connectivity index (χ0v) is 17.7. The van der Waals surface area contributed by atoms with Crippen LogP contribution in [0.4, 0.5) is 5.69 Å². The lowest BCUT2D eigenvalue weighted by Crippen LogP contribution is -2.17. The Morgan fingerprint density at radius 3 is 2.47 bits per heavy atom. The van der Waals surface area contributed by atoms with Gasteiger partial charge in [0.1, 0.15) is 16.5 Å². The third-order valence-electron chi connectivity index (χ3n) is 4.21. The molecule has 0 aliphatic heterocycles. The zero-order chi connectivity index (χ0) is 21.5. The summed E-state index contributed by atoms with van der Waals surface area (Å²) < 4.78 is 15.4. The fourth-order valence-electron chi connectivity index (χ4n) is 2.78. The normalized spacial score (nSPS) is 10.4. The van der Waals surface area contributed by atoms with Gasteiger partial charge in [0, 0.05) is 10.9 Å². The highest BCUT2D eigenvalue weighted by Gasteiger charge is 2.16. The number of carbonyl (C=O) groups excluding carboxylic acids is 2. The maximum atomic E-state index is 12.5. The largest absolute Gasteiger partial charge is 0.497 e. The molecule has 0 radical (unpaired) electrons. The molecule has 0 spiro atoms. The van der Waals surface area contributed by atoms with E-state index in [2.05, 4.69) is 10.3 Å². The number of ether oxygens (including phenoxy) is 3. The molecule has 1 amide bonds. The Bertz CT molecular complexity index is 1030. The topological polar surface area (TPSA) is 86.8 Å². The molecule has 1 N–H and O–H groups in total. The van der Waals surface area contributed by atoms with E-state index in [0.717, 1.165) is 16.3 Å². The summed E-state index contributed by atoms with van der Waals surface area (Å²) in [5.41, 5.74) is 2.18. The molecule has 0 atom stereocenters. The number of anilines is 1. The number of esters is 1. The van der Waals surface area contributed by atoms with Crippen LogP contribution in [0.5, 0.6) is 11.5 Å². The van der Waals surface area contributed by atoms with Gasteiger partial charge in [-0.2, -0.15) is 0 Å². The molecule has 3 rings (SSSR count). The number of benzene rings is 2. The van der Waals surface area contributed by atoms with Crippen LogP contribution in [0.25, 0.3) is 10.6 Å². The minimum absolute atomic E-state index is 0.0835. The maximum Gasteiger partial charge on any atom is 0.340 e. The van der Waals surface area contributed by atoms with E-state index in [4.69, 9.17) is 14.2 Å². The molecule has 156 valence electrons. The highest BCUT2D eigenvalue weighted by Crippen LogP contribution is 2.27. The highest BCUT2D eigenvalue weighted by atomic mass is 32.1. The van der Waals surface area contributed by atoms with Gasteiger partial charge in [-0.15, -0.1) is 11.3 Å². The molecule has 0 aliphatic rings. The van der Waals surface area contributed by atoms with Gasteiger partial charge in [-0.3, -0.25) is 4.79 Å². The molecule has 7 nitrogen and oxygen atoms in total. The van der Waals surface area contributed by atoms with Gasteiger partial charge in [-0.25, -0.2) is 9.78 Å². The molecule has 0 bridgehead atoms. The van der Waals surface area contributed by atoms with Gasteiger partial charge in [-0.05, 0) is 49.4 Å². The maximum absolute atomic E-state index is 12.5. The summed E-state index contributed by atoms with van der Waals surface area (Å²) >= 11 is 1.46. The standard InChI is InChI=1S/C22H22N2O5S/c1-4-29-16-7-5-14(6-8-16)21-23-15(13-30-21)11-20(25)24-19-10-9-17(27-2)12-18(19)22(26)28-3/h5-10,12-13H,4,11H2,1-3H3,(H,24,25). The minimum Gasteiger partial charge on any atom is -0.497 e. The molecule has 0 saturated carbocycles. The van der Waals surface area contributed by atoms with E-state index in [9.17, 15) is 9.59 Å². The van der Waals surface area contributed by atoms with Crippen LogP contribution in [-0.4, -0.2) is 37.7 Å². The summed E-state index contributed by atoms with van der Waals surface area (Å²) in [6.07, 6.45) is 0.0835. The van der Waals surface area contributed by atoms with Crippen molar-refractivity contribution in [2.45, 2.75) is 13.3 Å². The first-order chi connectivity index (χ1) is 14.5. The highest BCUT2D eigenvalue weighted by molar-refractivity contribution is 7.13. The first kappa shape index (κ1) is 21.3. The van der Waals surface area contributed by atoms with Crippen LogP contribution in [0.2, 0.25) is 0 Å². The Morgan fingerprint density at radius 1 is 1.07 bits per heavy atom. The third kappa shape index (κ3) is 5.15. The van der Waals surface area contributed by atoms with Crippen molar-refractivity contribution in [3.8, 4) is 22.1 Å². The van der Waals surface area contributed by atoms with E-state index < -0.39 is 5.97 Å². The summed E-state index contributed by atoms with van der Waals surface area (Å²) in [7, 11) is 2.78. The van der Waals surface area contributed by atoms with Crippen molar-refractivity contribution < 1.29 is 23.8 Å². The van der Waals surface area contributed by atoms with Crippen LogP contribution in [0.1, 0.15) is 23.0 Å². The Balaban J connectivity index is 1.69. The Kier molecular flexibility index (Phi) is 7.03. The van der Waals surface area contributed by atoms with Gasteiger partial charge in [-0.1, -0.05) is 0 Å². The van der Waals surface area contributed by atoms with Crippen molar-refractivity contribution in [1.29, 1.82) is 0 Å². The van der Waals surface area contributed by atoms with Crippen LogP contribution in [0.3, 0.4) is 0 Å². The van der Waals surface area contributed by atoms with E-state index >= 15 is 0 Å². The van der Waals surface area contributed by atoms with E-state index in [1.807, 2.05) is 36.6 Å². The molecule has 0 aliphatic carbocycles. The van der Waals surface area contributed by atoms with Gasteiger partial charge in [0.15, 0.2) is 0 Å². The zero-order valence-electron chi connectivity index (χ0n) is 16.9. The molecule has 0 fully saturated rings. The van der Waals surface area contributed by atoms with E-state index in [0.29, 0.717) is 23.7 Å². The second-order valence-electron chi connectivity index (χ2n) is 6.23. The number of amides is 1. The number of carbonyl (C=O) groups is 2. The van der Waals surface area contributed by atoms with Gasteiger partial charge < -0.3 is 19.5 Å².